The van der Waals surface area contributed by atoms with Crippen LogP contribution in [0.1, 0.15) is 50.8 Å². The van der Waals surface area contributed by atoms with Crippen LogP contribution in [-0.2, 0) is 6.42 Å². The van der Waals surface area contributed by atoms with E-state index in [9.17, 15) is 0 Å². The van der Waals surface area contributed by atoms with Gasteiger partial charge in [-0.3, -0.25) is 0 Å². The number of aliphatic hydroxyl groups excluding tert-OH is 1. The third-order valence-electron chi connectivity index (χ3n) is 4.14. The highest BCUT2D eigenvalue weighted by Crippen LogP contribution is 2.29. The quantitative estimate of drug-likeness (QED) is 0.805. The van der Waals surface area contributed by atoms with Crippen LogP contribution in [0.3, 0.4) is 0 Å². The van der Waals surface area contributed by atoms with E-state index in [1.807, 2.05) is 0 Å². The predicted octanol–water partition coefficient (Wildman–Crippen LogP) is 3.07. The van der Waals surface area contributed by atoms with Crippen molar-refractivity contribution < 1.29 is 9.84 Å². The summed E-state index contributed by atoms with van der Waals surface area (Å²) in [5, 5.41) is 12.8. The Kier molecular flexibility index (Phi) is 5.06. The first-order chi connectivity index (χ1) is 9.55. The molecular formula is C17H27NO2. The molecule has 3 heteroatoms. The van der Waals surface area contributed by atoms with E-state index in [1.54, 1.807) is 0 Å². The van der Waals surface area contributed by atoms with E-state index >= 15 is 0 Å². The van der Waals surface area contributed by atoms with E-state index in [2.05, 4.69) is 44.3 Å². The highest BCUT2D eigenvalue weighted by atomic mass is 16.5. The number of nitrogens with one attached hydrogen (secondary N) is 1. The van der Waals surface area contributed by atoms with Crippen molar-refractivity contribution in [1.82, 2.24) is 5.32 Å². The normalized spacial score (nSPS) is 15.8. The number of hydrogen-bond acceptors (Lipinski definition) is 3. The number of fused-ring (bicyclic) bond motifs is 1. The Morgan fingerprint density at radius 1 is 1.40 bits per heavy atom. The Hall–Kier alpha value is -1.06. The van der Waals surface area contributed by atoms with Crippen LogP contribution in [0.2, 0.25) is 0 Å². The molecule has 112 valence electrons. The van der Waals surface area contributed by atoms with E-state index in [0.29, 0.717) is 6.04 Å². The minimum absolute atomic E-state index is 0.127. The molecule has 1 aromatic carbocycles. The summed E-state index contributed by atoms with van der Waals surface area (Å²) in [5.41, 5.74) is 2.80. The number of benzene rings is 1. The summed E-state index contributed by atoms with van der Waals surface area (Å²) in [6, 6.07) is 6.92. The molecule has 0 bridgehead atoms. The molecule has 1 atom stereocenters. The summed E-state index contributed by atoms with van der Waals surface area (Å²) >= 11 is 0. The molecule has 1 aliphatic rings. The standard InChI is InChI=1S/C17H27NO2/c1-4-15(18-12-17(2,3)8-9-19)13-5-6-16-14(11-13)7-10-20-16/h5-6,11,15,18-19H,4,7-10,12H2,1-3H3. The van der Waals surface area contributed by atoms with Crippen LogP contribution in [0.4, 0.5) is 0 Å². The van der Waals surface area contributed by atoms with Gasteiger partial charge in [-0.05, 0) is 35.4 Å². The summed E-state index contributed by atoms with van der Waals surface area (Å²) in [7, 11) is 0. The van der Waals surface area contributed by atoms with Gasteiger partial charge >= 0.3 is 0 Å². The maximum absolute atomic E-state index is 9.11. The van der Waals surface area contributed by atoms with Crippen LogP contribution in [0.15, 0.2) is 18.2 Å². The minimum Gasteiger partial charge on any atom is -0.493 e. The zero-order valence-electron chi connectivity index (χ0n) is 12.9. The fourth-order valence-electron chi connectivity index (χ4n) is 2.71. The molecule has 3 nitrogen and oxygen atoms in total. The molecular weight excluding hydrogens is 250 g/mol. The third-order valence-corrected chi connectivity index (χ3v) is 4.14. The van der Waals surface area contributed by atoms with Gasteiger partial charge < -0.3 is 15.2 Å². The average Bonchev–Trinajstić information content (AvgIpc) is 2.86. The monoisotopic (exact) mass is 277 g/mol. The second kappa shape index (κ2) is 6.59. The van der Waals surface area contributed by atoms with Crippen LogP contribution in [0, 0.1) is 5.41 Å². The zero-order valence-corrected chi connectivity index (χ0v) is 12.9. The lowest BCUT2D eigenvalue weighted by Crippen LogP contribution is -2.33. The van der Waals surface area contributed by atoms with Crippen LogP contribution in [0.5, 0.6) is 5.75 Å². The highest BCUT2D eigenvalue weighted by Gasteiger charge is 2.20. The third kappa shape index (κ3) is 3.74. The second-order valence-electron chi connectivity index (χ2n) is 6.45. The molecule has 0 saturated carbocycles. The Morgan fingerprint density at radius 3 is 2.90 bits per heavy atom. The Morgan fingerprint density at radius 2 is 2.20 bits per heavy atom. The molecule has 0 aromatic heterocycles. The maximum atomic E-state index is 9.11. The number of hydrogen-bond donors (Lipinski definition) is 2. The van der Waals surface area contributed by atoms with Crippen molar-refractivity contribution in [3.63, 3.8) is 0 Å². The van der Waals surface area contributed by atoms with Crippen molar-refractivity contribution in [2.24, 2.45) is 5.41 Å². The SMILES string of the molecule is CCC(NCC(C)(C)CCO)c1ccc2c(c1)CCO2. The molecule has 0 saturated heterocycles. The molecule has 1 aliphatic heterocycles. The van der Waals surface area contributed by atoms with Crippen molar-refractivity contribution in [3.8, 4) is 5.75 Å². The van der Waals surface area contributed by atoms with Gasteiger partial charge in [0.05, 0.1) is 6.61 Å². The van der Waals surface area contributed by atoms with Gasteiger partial charge in [0.1, 0.15) is 5.75 Å². The molecule has 0 aliphatic carbocycles. The summed E-state index contributed by atoms with van der Waals surface area (Å²) in [5.74, 6) is 1.05. The Bertz CT molecular complexity index is 443. The largest absolute Gasteiger partial charge is 0.493 e. The van der Waals surface area contributed by atoms with Gasteiger partial charge in [-0.1, -0.05) is 32.9 Å². The molecule has 1 unspecified atom stereocenters. The molecule has 2 rings (SSSR count). The lowest BCUT2D eigenvalue weighted by Gasteiger charge is -2.28. The molecule has 1 aromatic rings. The fourth-order valence-corrected chi connectivity index (χ4v) is 2.71. The summed E-state index contributed by atoms with van der Waals surface area (Å²) in [6.45, 7) is 8.58. The molecule has 0 fully saturated rings. The van der Waals surface area contributed by atoms with Gasteiger partial charge in [0.25, 0.3) is 0 Å². The van der Waals surface area contributed by atoms with Gasteiger partial charge in [-0.2, -0.15) is 0 Å². The summed E-state index contributed by atoms with van der Waals surface area (Å²) in [4.78, 5) is 0. The van der Waals surface area contributed by atoms with Crippen molar-refractivity contribution in [2.75, 3.05) is 19.8 Å². The fraction of sp³-hybridized carbons (Fsp3) is 0.647. The Balaban J connectivity index is 2.01. The topological polar surface area (TPSA) is 41.5 Å². The molecule has 2 N–H and O–H groups in total. The van der Waals surface area contributed by atoms with Crippen LogP contribution in [0.25, 0.3) is 0 Å². The molecule has 1 heterocycles. The van der Waals surface area contributed by atoms with Gasteiger partial charge in [0, 0.05) is 25.6 Å². The van der Waals surface area contributed by atoms with Gasteiger partial charge in [-0.25, -0.2) is 0 Å². The number of aliphatic hydroxyl groups is 1. The molecule has 0 amide bonds. The first kappa shape index (κ1) is 15.3. The maximum Gasteiger partial charge on any atom is 0.122 e. The van der Waals surface area contributed by atoms with E-state index in [4.69, 9.17) is 9.84 Å². The van der Waals surface area contributed by atoms with Crippen molar-refractivity contribution in [3.05, 3.63) is 29.3 Å². The van der Waals surface area contributed by atoms with Crippen molar-refractivity contribution in [2.45, 2.75) is 46.1 Å². The second-order valence-corrected chi connectivity index (χ2v) is 6.45. The minimum atomic E-state index is 0.127. The van der Waals surface area contributed by atoms with Gasteiger partial charge in [0.15, 0.2) is 0 Å². The zero-order chi connectivity index (χ0) is 14.6. The number of ether oxygens (including phenoxy) is 1. The lowest BCUT2D eigenvalue weighted by molar-refractivity contribution is 0.202. The number of rotatable bonds is 7. The molecule has 20 heavy (non-hydrogen) atoms. The summed E-state index contributed by atoms with van der Waals surface area (Å²) < 4.78 is 5.56. The smallest absolute Gasteiger partial charge is 0.122 e. The van der Waals surface area contributed by atoms with Gasteiger partial charge in [0.2, 0.25) is 0 Å². The highest BCUT2D eigenvalue weighted by molar-refractivity contribution is 5.40. The first-order valence-electron chi connectivity index (χ1n) is 7.65. The van der Waals surface area contributed by atoms with Crippen LogP contribution < -0.4 is 10.1 Å². The van der Waals surface area contributed by atoms with Crippen molar-refractivity contribution in [1.29, 1.82) is 0 Å². The van der Waals surface area contributed by atoms with Crippen LogP contribution >= 0.6 is 0 Å². The molecule has 0 radical (unpaired) electrons. The van der Waals surface area contributed by atoms with Gasteiger partial charge in [-0.15, -0.1) is 0 Å². The Labute approximate surface area is 122 Å². The van der Waals surface area contributed by atoms with E-state index in [0.717, 1.165) is 38.2 Å². The molecule has 0 spiro atoms. The van der Waals surface area contributed by atoms with E-state index in [-0.39, 0.29) is 12.0 Å². The summed E-state index contributed by atoms with van der Waals surface area (Å²) in [6.07, 6.45) is 2.92. The lowest BCUT2D eigenvalue weighted by atomic mass is 9.89. The average molecular weight is 277 g/mol. The van der Waals surface area contributed by atoms with E-state index < -0.39 is 0 Å². The van der Waals surface area contributed by atoms with Crippen LogP contribution in [-0.4, -0.2) is 24.9 Å². The van der Waals surface area contributed by atoms with E-state index in [1.165, 1.54) is 11.1 Å². The van der Waals surface area contributed by atoms with Crippen molar-refractivity contribution >= 4 is 0 Å². The first-order valence-corrected chi connectivity index (χ1v) is 7.65. The predicted molar refractivity (Wildman–Crippen MR) is 82.2 cm³/mol.